The summed E-state index contributed by atoms with van der Waals surface area (Å²) in [5, 5.41) is 0. The van der Waals surface area contributed by atoms with Gasteiger partial charge in [-0.1, -0.05) is 0 Å². The third-order valence-corrected chi connectivity index (χ3v) is 7.25. The summed E-state index contributed by atoms with van der Waals surface area (Å²) in [4.78, 5) is 17.4. The molecule has 0 aromatic heterocycles. The number of hydrogen-bond acceptors (Lipinski definition) is 6. The van der Waals surface area contributed by atoms with Gasteiger partial charge in [-0.2, -0.15) is 4.72 Å². The molecule has 30 heavy (non-hydrogen) atoms. The Bertz CT molecular complexity index is 820. The SMILES string of the molecule is COc1ccc(S(=O)(=O)N[C@@H](C)C(=O)N2CCCC2CN2CC(C)OC(C)C2)cc1. The summed E-state index contributed by atoms with van der Waals surface area (Å²) >= 11 is 0. The fourth-order valence-corrected chi connectivity index (χ4v) is 5.60. The van der Waals surface area contributed by atoms with Crippen LogP contribution in [0.4, 0.5) is 0 Å². The first kappa shape index (κ1) is 23.0. The molecule has 1 amide bonds. The number of carbonyl (C=O) groups excluding carboxylic acids is 1. The lowest BCUT2D eigenvalue weighted by molar-refractivity contribution is -0.134. The van der Waals surface area contributed by atoms with Gasteiger partial charge in [0.15, 0.2) is 0 Å². The molecule has 2 aliphatic heterocycles. The van der Waals surface area contributed by atoms with Crippen molar-refractivity contribution in [3.8, 4) is 5.75 Å². The lowest BCUT2D eigenvalue weighted by atomic mass is 10.1. The molecule has 0 radical (unpaired) electrons. The van der Waals surface area contributed by atoms with Gasteiger partial charge >= 0.3 is 0 Å². The van der Waals surface area contributed by atoms with Gasteiger partial charge in [0.25, 0.3) is 0 Å². The average molecular weight is 440 g/mol. The molecule has 2 fully saturated rings. The molecule has 9 heteroatoms. The van der Waals surface area contributed by atoms with E-state index in [9.17, 15) is 13.2 Å². The lowest BCUT2D eigenvalue weighted by Crippen LogP contribution is -2.53. The van der Waals surface area contributed by atoms with E-state index in [0.29, 0.717) is 12.3 Å². The van der Waals surface area contributed by atoms with Crippen molar-refractivity contribution in [3.05, 3.63) is 24.3 Å². The van der Waals surface area contributed by atoms with Crippen molar-refractivity contribution in [1.29, 1.82) is 0 Å². The van der Waals surface area contributed by atoms with Crippen LogP contribution in [0.15, 0.2) is 29.2 Å². The maximum atomic E-state index is 13.1. The first-order valence-corrected chi connectivity index (χ1v) is 12.0. The van der Waals surface area contributed by atoms with Gasteiger partial charge in [0, 0.05) is 32.2 Å². The molecular formula is C21H33N3O5S. The number of hydrogen-bond donors (Lipinski definition) is 1. The van der Waals surface area contributed by atoms with E-state index in [4.69, 9.17) is 9.47 Å². The molecule has 2 heterocycles. The molecule has 0 saturated carbocycles. The van der Waals surface area contributed by atoms with E-state index in [1.54, 1.807) is 19.1 Å². The quantitative estimate of drug-likeness (QED) is 0.692. The number of carbonyl (C=O) groups is 1. The van der Waals surface area contributed by atoms with Gasteiger partial charge in [-0.3, -0.25) is 9.69 Å². The summed E-state index contributed by atoms with van der Waals surface area (Å²) in [5.74, 6) is 0.397. The van der Waals surface area contributed by atoms with Crippen molar-refractivity contribution in [2.45, 2.75) is 62.8 Å². The highest BCUT2D eigenvalue weighted by Crippen LogP contribution is 2.22. The van der Waals surface area contributed by atoms with Gasteiger partial charge in [-0.15, -0.1) is 0 Å². The van der Waals surface area contributed by atoms with Gasteiger partial charge in [-0.05, 0) is 57.9 Å². The van der Waals surface area contributed by atoms with Crippen LogP contribution in [0.2, 0.25) is 0 Å². The number of methoxy groups -OCH3 is 1. The fourth-order valence-electron chi connectivity index (χ4n) is 4.40. The summed E-state index contributed by atoms with van der Waals surface area (Å²) in [6.07, 6.45) is 2.22. The zero-order valence-corrected chi connectivity index (χ0v) is 19.0. The van der Waals surface area contributed by atoms with Gasteiger partial charge in [0.2, 0.25) is 15.9 Å². The minimum atomic E-state index is -3.80. The second kappa shape index (κ2) is 9.64. The van der Waals surface area contributed by atoms with Gasteiger partial charge in [0.1, 0.15) is 5.75 Å². The Morgan fingerprint density at radius 1 is 1.23 bits per heavy atom. The first-order valence-electron chi connectivity index (χ1n) is 10.5. The van der Waals surface area contributed by atoms with Crippen molar-refractivity contribution in [2.24, 2.45) is 0 Å². The molecular weight excluding hydrogens is 406 g/mol. The van der Waals surface area contributed by atoms with Crippen molar-refractivity contribution in [1.82, 2.24) is 14.5 Å². The maximum absolute atomic E-state index is 13.1. The monoisotopic (exact) mass is 439 g/mol. The number of sulfonamides is 1. The average Bonchev–Trinajstić information content (AvgIpc) is 3.14. The minimum Gasteiger partial charge on any atom is -0.497 e. The highest BCUT2D eigenvalue weighted by atomic mass is 32.2. The van der Waals surface area contributed by atoms with Crippen molar-refractivity contribution < 1.29 is 22.7 Å². The van der Waals surface area contributed by atoms with E-state index in [1.807, 2.05) is 4.90 Å². The fraction of sp³-hybridized carbons (Fsp3) is 0.667. The van der Waals surface area contributed by atoms with E-state index in [1.165, 1.54) is 19.2 Å². The van der Waals surface area contributed by atoms with Crippen LogP contribution < -0.4 is 9.46 Å². The number of likely N-dealkylation sites (tertiary alicyclic amines) is 1. The lowest BCUT2D eigenvalue weighted by Gasteiger charge is -2.38. The smallest absolute Gasteiger partial charge is 0.241 e. The van der Waals surface area contributed by atoms with Crippen LogP contribution in [-0.4, -0.2) is 81.7 Å². The summed E-state index contributed by atoms with van der Waals surface area (Å²) in [6.45, 7) is 8.89. The number of amides is 1. The Kier molecular flexibility index (Phi) is 7.38. The van der Waals surface area contributed by atoms with Crippen LogP contribution in [0, 0.1) is 0 Å². The van der Waals surface area contributed by atoms with Gasteiger partial charge in [0.05, 0.1) is 30.3 Å². The van der Waals surface area contributed by atoms with Crippen LogP contribution in [-0.2, 0) is 19.6 Å². The van der Waals surface area contributed by atoms with Gasteiger partial charge < -0.3 is 14.4 Å². The molecule has 3 unspecified atom stereocenters. The maximum Gasteiger partial charge on any atom is 0.241 e. The third-order valence-electron chi connectivity index (χ3n) is 5.70. The predicted octanol–water partition coefficient (Wildman–Crippen LogP) is 1.46. The second-order valence-corrected chi connectivity index (χ2v) is 10.0. The van der Waals surface area contributed by atoms with E-state index >= 15 is 0 Å². The van der Waals surface area contributed by atoms with E-state index < -0.39 is 16.1 Å². The van der Waals surface area contributed by atoms with Crippen LogP contribution in [0.1, 0.15) is 33.6 Å². The predicted molar refractivity (Wildman–Crippen MR) is 114 cm³/mol. The second-order valence-electron chi connectivity index (χ2n) is 8.32. The Morgan fingerprint density at radius 3 is 2.47 bits per heavy atom. The van der Waals surface area contributed by atoms with E-state index in [0.717, 1.165) is 32.5 Å². The van der Waals surface area contributed by atoms with Crippen molar-refractivity contribution >= 4 is 15.9 Å². The Balaban J connectivity index is 1.62. The zero-order valence-electron chi connectivity index (χ0n) is 18.2. The molecule has 2 aliphatic rings. The minimum absolute atomic E-state index is 0.0999. The topological polar surface area (TPSA) is 88.2 Å². The Morgan fingerprint density at radius 2 is 1.87 bits per heavy atom. The zero-order chi connectivity index (χ0) is 21.9. The summed E-state index contributed by atoms with van der Waals surface area (Å²) < 4.78 is 38.8. The highest BCUT2D eigenvalue weighted by molar-refractivity contribution is 7.89. The molecule has 3 rings (SSSR count). The summed E-state index contributed by atoms with van der Waals surface area (Å²) in [6, 6.07) is 5.38. The molecule has 1 N–H and O–H groups in total. The molecule has 2 saturated heterocycles. The van der Waals surface area contributed by atoms with Crippen LogP contribution >= 0.6 is 0 Å². The Labute approximate surface area is 179 Å². The number of morpholine rings is 1. The standard InChI is InChI=1S/C21H33N3O5S/c1-15-12-23(13-16(2)29-15)14-18-6-5-11-24(18)21(25)17(3)22-30(26,27)20-9-7-19(28-4)8-10-20/h7-10,15-18,22H,5-6,11-14H2,1-4H3/t15?,16?,17-,18?/m0/s1. The summed E-state index contributed by atoms with van der Waals surface area (Å²) in [7, 11) is -2.28. The molecule has 0 aliphatic carbocycles. The number of benzene rings is 1. The van der Waals surface area contributed by atoms with Crippen LogP contribution in [0.25, 0.3) is 0 Å². The third kappa shape index (κ3) is 5.51. The molecule has 8 nitrogen and oxygen atoms in total. The Hall–Kier alpha value is -1.68. The number of ether oxygens (including phenoxy) is 2. The molecule has 1 aromatic carbocycles. The molecule has 1 aromatic rings. The van der Waals surface area contributed by atoms with E-state index in [2.05, 4.69) is 23.5 Å². The summed E-state index contributed by atoms with van der Waals surface area (Å²) in [5.41, 5.74) is 0. The highest BCUT2D eigenvalue weighted by Gasteiger charge is 2.35. The number of nitrogens with zero attached hydrogens (tertiary/aromatic N) is 2. The van der Waals surface area contributed by atoms with Crippen molar-refractivity contribution in [2.75, 3.05) is 33.3 Å². The van der Waals surface area contributed by atoms with Crippen LogP contribution in [0.5, 0.6) is 5.75 Å². The van der Waals surface area contributed by atoms with Crippen LogP contribution in [0.3, 0.4) is 0 Å². The molecule has 0 bridgehead atoms. The largest absolute Gasteiger partial charge is 0.497 e. The molecule has 0 spiro atoms. The normalized spacial score (nSPS) is 26.5. The molecule has 168 valence electrons. The number of nitrogens with one attached hydrogen (secondary N) is 1. The first-order chi connectivity index (χ1) is 14.2. The van der Waals surface area contributed by atoms with E-state index in [-0.39, 0.29) is 29.1 Å². The van der Waals surface area contributed by atoms with Gasteiger partial charge in [-0.25, -0.2) is 8.42 Å². The number of rotatable bonds is 7. The molecule has 4 atom stereocenters. The van der Waals surface area contributed by atoms with Crippen molar-refractivity contribution in [3.63, 3.8) is 0 Å².